The van der Waals surface area contributed by atoms with E-state index in [2.05, 4.69) is 26.0 Å². The molecule has 0 nitrogen and oxygen atoms in total. The van der Waals surface area contributed by atoms with Crippen molar-refractivity contribution in [2.24, 2.45) is 0 Å². The van der Waals surface area contributed by atoms with Crippen LogP contribution >= 0.6 is 0 Å². The molecule has 0 amide bonds. The highest BCUT2D eigenvalue weighted by atomic mass is 14.0. The Bertz CT molecular complexity index is 180. The third-order valence-electron chi connectivity index (χ3n) is 4.01. The Labute approximate surface area is 129 Å². The van der Waals surface area contributed by atoms with Crippen LogP contribution in [0.2, 0.25) is 0 Å². The van der Waals surface area contributed by atoms with Gasteiger partial charge < -0.3 is 0 Å². The minimum absolute atomic E-state index is 1.11. The third kappa shape index (κ3) is 17.7. The monoisotopic (exact) mass is 279 g/mol. The van der Waals surface area contributed by atoms with Gasteiger partial charge in [0.2, 0.25) is 0 Å². The van der Waals surface area contributed by atoms with Crippen LogP contribution in [0.3, 0.4) is 0 Å². The van der Waals surface area contributed by atoms with E-state index in [1.54, 1.807) is 0 Å². The molecule has 0 aliphatic rings. The minimum atomic E-state index is 1.11. The Morgan fingerprint density at radius 2 is 0.950 bits per heavy atom. The van der Waals surface area contributed by atoms with Gasteiger partial charge in [-0.2, -0.15) is 0 Å². The van der Waals surface area contributed by atoms with E-state index < -0.39 is 0 Å². The molecule has 119 valence electrons. The van der Waals surface area contributed by atoms with E-state index in [0.29, 0.717) is 0 Å². The minimum Gasteiger partial charge on any atom is -0.0885 e. The summed E-state index contributed by atoms with van der Waals surface area (Å²) in [6.07, 6.45) is 26.8. The SMILES string of the molecule is [CH2]CCCCCCC/C=C/CCCCCCCCCC. The van der Waals surface area contributed by atoms with Crippen molar-refractivity contribution < 1.29 is 0 Å². The molecule has 0 unspecified atom stereocenters. The average Bonchev–Trinajstić information content (AvgIpc) is 2.47. The van der Waals surface area contributed by atoms with Gasteiger partial charge in [0.1, 0.15) is 0 Å². The van der Waals surface area contributed by atoms with E-state index in [-0.39, 0.29) is 0 Å². The number of hydrogen-bond donors (Lipinski definition) is 0. The summed E-state index contributed by atoms with van der Waals surface area (Å²) in [6.45, 7) is 6.17. The van der Waals surface area contributed by atoms with Gasteiger partial charge in [0.05, 0.1) is 0 Å². The summed E-state index contributed by atoms with van der Waals surface area (Å²) in [5.41, 5.74) is 0. The molecule has 0 aliphatic carbocycles. The van der Waals surface area contributed by atoms with Crippen molar-refractivity contribution in [1.29, 1.82) is 0 Å². The average molecular weight is 280 g/mol. The summed E-state index contributed by atoms with van der Waals surface area (Å²) in [5.74, 6) is 0. The number of hydrogen-bond acceptors (Lipinski definition) is 0. The Morgan fingerprint density at radius 3 is 1.40 bits per heavy atom. The summed E-state index contributed by atoms with van der Waals surface area (Å²) in [6, 6.07) is 0. The van der Waals surface area contributed by atoms with Crippen LogP contribution in [0.4, 0.5) is 0 Å². The van der Waals surface area contributed by atoms with E-state index in [4.69, 9.17) is 0 Å². The van der Waals surface area contributed by atoms with Crippen molar-refractivity contribution in [2.75, 3.05) is 0 Å². The fourth-order valence-corrected chi connectivity index (χ4v) is 2.60. The molecule has 0 N–H and O–H groups in total. The third-order valence-corrected chi connectivity index (χ3v) is 4.01. The first kappa shape index (κ1) is 19.7. The predicted molar refractivity (Wildman–Crippen MR) is 94.0 cm³/mol. The maximum atomic E-state index is 3.88. The molecule has 0 heteroatoms. The second-order valence-electron chi connectivity index (χ2n) is 6.14. The molecule has 0 heterocycles. The quantitative estimate of drug-likeness (QED) is 0.201. The summed E-state index contributed by atoms with van der Waals surface area (Å²) in [5, 5.41) is 0. The lowest BCUT2D eigenvalue weighted by molar-refractivity contribution is 0.577. The van der Waals surface area contributed by atoms with Gasteiger partial charge in [0.25, 0.3) is 0 Å². The summed E-state index contributed by atoms with van der Waals surface area (Å²) < 4.78 is 0. The normalized spacial score (nSPS) is 11.5. The largest absolute Gasteiger partial charge is 0.0885 e. The maximum Gasteiger partial charge on any atom is -0.0351 e. The van der Waals surface area contributed by atoms with Crippen molar-refractivity contribution in [3.05, 3.63) is 19.1 Å². The lowest BCUT2D eigenvalue weighted by Gasteiger charge is -2.00. The first-order valence-electron chi connectivity index (χ1n) is 9.36. The molecule has 0 fully saturated rings. The molecule has 0 saturated heterocycles. The van der Waals surface area contributed by atoms with Crippen molar-refractivity contribution in [1.82, 2.24) is 0 Å². The van der Waals surface area contributed by atoms with Crippen LogP contribution in [0.5, 0.6) is 0 Å². The van der Waals surface area contributed by atoms with Gasteiger partial charge in [-0.1, -0.05) is 103 Å². The second-order valence-corrected chi connectivity index (χ2v) is 6.14. The van der Waals surface area contributed by atoms with Crippen LogP contribution in [0.25, 0.3) is 0 Å². The van der Waals surface area contributed by atoms with E-state index >= 15 is 0 Å². The van der Waals surface area contributed by atoms with Crippen LogP contribution in [-0.4, -0.2) is 0 Å². The summed E-state index contributed by atoms with van der Waals surface area (Å²) in [7, 11) is 0. The predicted octanol–water partition coefficient (Wildman–Crippen LogP) is 7.64. The molecule has 0 atom stereocenters. The Morgan fingerprint density at radius 1 is 0.550 bits per heavy atom. The highest BCUT2D eigenvalue weighted by molar-refractivity contribution is 4.81. The van der Waals surface area contributed by atoms with Gasteiger partial charge in [-0.15, -0.1) is 0 Å². The van der Waals surface area contributed by atoms with E-state index in [1.807, 2.05) is 0 Å². The molecule has 0 bridgehead atoms. The second kappa shape index (κ2) is 18.7. The van der Waals surface area contributed by atoms with Gasteiger partial charge in [0.15, 0.2) is 0 Å². The molecular formula is C20H39. The Hall–Kier alpha value is -0.260. The molecule has 0 aliphatic heterocycles. The first-order valence-corrected chi connectivity index (χ1v) is 9.36. The van der Waals surface area contributed by atoms with Crippen LogP contribution in [0.15, 0.2) is 12.2 Å². The zero-order valence-electron chi connectivity index (χ0n) is 14.2. The summed E-state index contributed by atoms with van der Waals surface area (Å²) >= 11 is 0. The molecular weight excluding hydrogens is 240 g/mol. The number of allylic oxidation sites excluding steroid dienone is 2. The fraction of sp³-hybridized carbons (Fsp3) is 0.850. The van der Waals surface area contributed by atoms with Crippen LogP contribution in [0, 0.1) is 6.92 Å². The van der Waals surface area contributed by atoms with Gasteiger partial charge >= 0.3 is 0 Å². The molecule has 0 aromatic rings. The van der Waals surface area contributed by atoms with Crippen LogP contribution in [0.1, 0.15) is 110 Å². The maximum absolute atomic E-state index is 3.88. The molecule has 20 heavy (non-hydrogen) atoms. The zero-order valence-corrected chi connectivity index (χ0v) is 14.2. The van der Waals surface area contributed by atoms with E-state index in [0.717, 1.165) is 6.42 Å². The van der Waals surface area contributed by atoms with Gasteiger partial charge in [-0.25, -0.2) is 0 Å². The van der Waals surface area contributed by atoms with E-state index in [9.17, 15) is 0 Å². The zero-order chi connectivity index (χ0) is 14.7. The van der Waals surface area contributed by atoms with Gasteiger partial charge in [0, 0.05) is 0 Å². The fourth-order valence-electron chi connectivity index (χ4n) is 2.60. The van der Waals surface area contributed by atoms with Crippen molar-refractivity contribution in [3.63, 3.8) is 0 Å². The lowest BCUT2D eigenvalue weighted by atomic mass is 10.1. The van der Waals surface area contributed by atoms with Gasteiger partial charge in [-0.3, -0.25) is 0 Å². The Balaban J connectivity index is 3.01. The van der Waals surface area contributed by atoms with Crippen molar-refractivity contribution >= 4 is 0 Å². The van der Waals surface area contributed by atoms with Gasteiger partial charge in [-0.05, 0) is 25.7 Å². The highest BCUT2D eigenvalue weighted by Crippen LogP contribution is 2.10. The van der Waals surface area contributed by atoms with E-state index in [1.165, 1.54) is 96.3 Å². The first-order chi connectivity index (χ1) is 9.91. The van der Waals surface area contributed by atoms with Crippen molar-refractivity contribution in [3.8, 4) is 0 Å². The Kier molecular flexibility index (Phi) is 18.5. The summed E-state index contributed by atoms with van der Waals surface area (Å²) in [4.78, 5) is 0. The standard InChI is InChI=1S/C20H39/c1-3-5-7-9-11-13-15-17-19-20-18-16-14-12-10-8-6-4-2/h17,19H,1,3-16,18,20H2,2H3/b19-17+. The molecule has 0 aromatic heterocycles. The highest BCUT2D eigenvalue weighted by Gasteiger charge is 1.91. The topological polar surface area (TPSA) is 0 Å². The molecule has 0 saturated carbocycles. The van der Waals surface area contributed by atoms with Crippen LogP contribution in [-0.2, 0) is 0 Å². The van der Waals surface area contributed by atoms with Crippen molar-refractivity contribution in [2.45, 2.75) is 110 Å². The lowest BCUT2D eigenvalue weighted by Crippen LogP contribution is -1.80. The molecule has 1 radical (unpaired) electrons. The molecule has 0 rings (SSSR count). The van der Waals surface area contributed by atoms with Crippen LogP contribution < -0.4 is 0 Å². The molecule has 0 spiro atoms. The number of rotatable bonds is 16. The smallest absolute Gasteiger partial charge is 0.0351 e. The number of unbranched alkanes of at least 4 members (excludes halogenated alkanes) is 14. The molecule has 0 aromatic carbocycles.